The maximum atomic E-state index is 12.0. The fraction of sp³-hybridized carbons (Fsp3) is 0.600. The minimum atomic E-state index is -2.14. The summed E-state index contributed by atoms with van der Waals surface area (Å²) in [6.07, 6.45) is 5.03. The van der Waals surface area contributed by atoms with Crippen LogP contribution in [0.1, 0.15) is 52.9 Å². The smallest absolute Gasteiger partial charge is 0.200 e. The van der Waals surface area contributed by atoms with E-state index < -0.39 is 29.1 Å². The Bertz CT molecular complexity index is 542. The standard InChI is InChI=1S/C10H21NO2.C6HF5.C2H6.2CH2O/c1-9(13)10(5-2-3-6-10)11-7-4-8-12;7-2-1-3(8)5(10)6(11)4(2)9;3*1-2/h9,11-13H,2-8H2,1H3;1H;1-2H3;2*1H2. The molecule has 1 unspecified atom stereocenters. The predicted molar refractivity (Wildman–Crippen MR) is 104 cm³/mol. The molecule has 2 rings (SSSR count). The fourth-order valence-corrected chi connectivity index (χ4v) is 2.71. The lowest BCUT2D eigenvalue weighted by Crippen LogP contribution is -2.51. The summed E-state index contributed by atoms with van der Waals surface area (Å²) in [6, 6.07) is -0.0618. The first-order valence-electron chi connectivity index (χ1n) is 9.35. The van der Waals surface area contributed by atoms with Crippen LogP contribution in [-0.4, -0.2) is 48.6 Å². The molecule has 10 heteroatoms. The molecule has 30 heavy (non-hydrogen) atoms. The quantitative estimate of drug-likeness (QED) is 0.279. The Labute approximate surface area is 174 Å². The maximum Gasteiger partial charge on any atom is 0.200 e. The molecule has 0 heterocycles. The van der Waals surface area contributed by atoms with E-state index in [0.717, 1.165) is 25.8 Å². The molecule has 1 atom stereocenters. The van der Waals surface area contributed by atoms with Crippen LogP contribution in [0.3, 0.4) is 0 Å². The van der Waals surface area contributed by atoms with E-state index >= 15 is 0 Å². The topological polar surface area (TPSA) is 86.6 Å². The van der Waals surface area contributed by atoms with Crippen LogP contribution in [0, 0.1) is 29.1 Å². The van der Waals surface area contributed by atoms with Gasteiger partial charge in [-0.2, -0.15) is 0 Å². The average molecular weight is 445 g/mol. The normalized spacial score (nSPS) is 14.3. The molecule has 1 aliphatic rings. The van der Waals surface area contributed by atoms with Crippen LogP contribution in [0.25, 0.3) is 0 Å². The van der Waals surface area contributed by atoms with Gasteiger partial charge in [-0.3, -0.25) is 0 Å². The van der Waals surface area contributed by atoms with Gasteiger partial charge in [0.05, 0.1) is 6.10 Å². The summed E-state index contributed by atoms with van der Waals surface area (Å²) in [5, 5.41) is 21.7. The van der Waals surface area contributed by atoms with Gasteiger partial charge >= 0.3 is 0 Å². The number of hydrogen-bond acceptors (Lipinski definition) is 5. The number of halogens is 5. The summed E-state index contributed by atoms with van der Waals surface area (Å²) in [6.45, 7) is 10.9. The Hall–Kier alpha value is -1.91. The van der Waals surface area contributed by atoms with Gasteiger partial charge in [-0.15, -0.1) is 0 Å². The van der Waals surface area contributed by atoms with E-state index in [1.165, 1.54) is 12.8 Å². The van der Waals surface area contributed by atoms with Crippen molar-refractivity contribution in [3.05, 3.63) is 35.2 Å². The Morgan fingerprint density at radius 1 is 0.967 bits per heavy atom. The molecule has 1 fully saturated rings. The van der Waals surface area contributed by atoms with Crippen molar-refractivity contribution >= 4 is 13.6 Å². The molecule has 5 nitrogen and oxygen atoms in total. The summed E-state index contributed by atoms with van der Waals surface area (Å²) in [5.74, 6) is -9.65. The van der Waals surface area contributed by atoms with E-state index in [1.807, 2.05) is 34.3 Å². The zero-order valence-electron chi connectivity index (χ0n) is 17.6. The van der Waals surface area contributed by atoms with Gasteiger partial charge in [-0.05, 0) is 32.7 Å². The van der Waals surface area contributed by atoms with Crippen LogP contribution in [-0.2, 0) is 9.59 Å². The van der Waals surface area contributed by atoms with E-state index in [-0.39, 0.29) is 24.3 Å². The minimum Gasteiger partial charge on any atom is -0.396 e. The molecule has 0 aliphatic heterocycles. The molecule has 0 radical (unpaired) electrons. The van der Waals surface area contributed by atoms with Gasteiger partial charge in [-0.25, -0.2) is 22.0 Å². The third-order valence-corrected chi connectivity index (χ3v) is 4.17. The maximum absolute atomic E-state index is 12.0. The van der Waals surface area contributed by atoms with Crippen LogP contribution in [0.5, 0.6) is 0 Å². The Morgan fingerprint density at radius 3 is 1.70 bits per heavy atom. The van der Waals surface area contributed by atoms with E-state index in [0.29, 0.717) is 0 Å². The van der Waals surface area contributed by atoms with Gasteiger partial charge in [0, 0.05) is 18.2 Å². The molecule has 176 valence electrons. The highest BCUT2D eigenvalue weighted by Gasteiger charge is 2.37. The first-order valence-corrected chi connectivity index (χ1v) is 9.35. The van der Waals surface area contributed by atoms with Crippen LogP contribution in [0.4, 0.5) is 22.0 Å². The van der Waals surface area contributed by atoms with Crippen molar-refractivity contribution in [3.8, 4) is 0 Å². The first kappa shape index (κ1) is 32.7. The molecule has 0 saturated heterocycles. The van der Waals surface area contributed by atoms with E-state index in [2.05, 4.69) is 5.32 Å². The van der Waals surface area contributed by atoms with Crippen molar-refractivity contribution in [2.75, 3.05) is 13.2 Å². The highest BCUT2D eigenvalue weighted by molar-refractivity contribution is 5.12. The number of carbonyl (C=O) groups excluding carboxylic acids is 2. The molecule has 0 aromatic heterocycles. The van der Waals surface area contributed by atoms with Crippen molar-refractivity contribution in [2.45, 2.75) is 64.5 Å². The molecule has 0 spiro atoms. The van der Waals surface area contributed by atoms with Crippen molar-refractivity contribution < 1.29 is 41.8 Å². The van der Waals surface area contributed by atoms with Gasteiger partial charge in [0.2, 0.25) is 5.82 Å². The fourth-order valence-electron chi connectivity index (χ4n) is 2.71. The van der Waals surface area contributed by atoms with Crippen LogP contribution in [0.2, 0.25) is 0 Å². The molecule has 1 saturated carbocycles. The number of nitrogens with one attached hydrogen (secondary N) is 1. The number of carbonyl (C=O) groups is 2. The largest absolute Gasteiger partial charge is 0.396 e. The van der Waals surface area contributed by atoms with E-state index in [4.69, 9.17) is 14.7 Å². The number of hydrogen-bond donors (Lipinski definition) is 3. The second-order valence-corrected chi connectivity index (χ2v) is 5.83. The molecular weight excluding hydrogens is 413 g/mol. The van der Waals surface area contributed by atoms with Crippen LogP contribution >= 0.6 is 0 Å². The average Bonchev–Trinajstić information content (AvgIpc) is 3.26. The predicted octanol–water partition coefficient (Wildman–Crippen LogP) is 3.69. The number of rotatable bonds is 5. The van der Waals surface area contributed by atoms with E-state index in [1.54, 1.807) is 0 Å². The van der Waals surface area contributed by atoms with E-state index in [9.17, 15) is 27.1 Å². The molecular formula is C20H32F5NO4. The number of aliphatic hydroxyl groups is 2. The Balaban J connectivity index is -0.000000392. The highest BCUT2D eigenvalue weighted by atomic mass is 19.2. The second kappa shape index (κ2) is 19.1. The van der Waals surface area contributed by atoms with Crippen molar-refractivity contribution in [1.82, 2.24) is 5.32 Å². The Morgan fingerprint density at radius 2 is 1.37 bits per heavy atom. The highest BCUT2D eigenvalue weighted by Crippen LogP contribution is 2.32. The second-order valence-electron chi connectivity index (χ2n) is 5.83. The summed E-state index contributed by atoms with van der Waals surface area (Å²) in [7, 11) is 0. The molecule has 1 aromatic rings. The lowest BCUT2D eigenvalue weighted by Gasteiger charge is -2.33. The summed E-state index contributed by atoms with van der Waals surface area (Å²) < 4.78 is 60.0. The molecule has 3 N–H and O–H groups in total. The van der Waals surface area contributed by atoms with Crippen LogP contribution in [0.15, 0.2) is 6.07 Å². The van der Waals surface area contributed by atoms with Gasteiger partial charge in [0.1, 0.15) is 13.6 Å². The van der Waals surface area contributed by atoms with Gasteiger partial charge in [0.15, 0.2) is 23.3 Å². The third-order valence-electron chi connectivity index (χ3n) is 4.17. The molecule has 0 amide bonds. The minimum absolute atomic E-state index is 0.0603. The van der Waals surface area contributed by atoms with Crippen molar-refractivity contribution in [3.63, 3.8) is 0 Å². The van der Waals surface area contributed by atoms with Crippen LogP contribution < -0.4 is 5.32 Å². The van der Waals surface area contributed by atoms with Gasteiger partial charge in [-0.1, -0.05) is 26.7 Å². The Kier molecular flexibility index (Phi) is 20.8. The molecule has 1 aromatic carbocycles. The molecule has 1 aliphatic carbocycles. The van der Waals surface area contributed by atoms with Gasteiger partial charge < -0.3 is 25.1 Å². The number of aliphatic hydroxyl groups excluding tert-OH is 2. The summed E-state index contributed by atoms with van der Waals surface area (Å²) >= 11 is 0. The SMILES string of the molecule is C=O.C=O.CC.CC(O)C1(NCCCO)CCCC1.Fc1cc(F)c(F)c(F)c1F. The lowest BCUT2D eigenvalue weighted by molar-refractivity contribution is -0.0987. The third kappa shape index (κ3) is 10.7. The van der Waals surface area contributed by atoms with Gasteiger partial charge in [0.25, 0.3) is 0 Å². The zero-order chi connectivity index (χ0) is 24.3. The lowest BCUT2D eigenvalue weighted by atomic mass is 9.91. The molecule has 0 bridgehead atoms. The van der Waals surface area contributed by atoms with Crippen molar-refractivity contribution in [1.29, 1.82) is 0 Å². The van der Waals surface area contributed by atoms with Crippen molar-refractivity contribution in [2.24, 2.45) is 0 Å². The number of benzene rings is 1. The summed E-state index contributed by atoms with van der Waals surface area (Å²) in [5.41, 5.74) is -0.0603. The monoisotopic (exact) mass is 445 g/mol. The summed E-state index contributed by atoms with van der Waals surface area (Å²) in [4.78, 5) is 16.0. The zero-order valence-corrected chi connectivity index (χ0v) is 17.6. The first-order chi connectivity index (χ1) is 14.2.